The van der Waals surface area contributed by atoms with Gasteiger partial charge in [0.2, 0.25) is 0 Å². The highest BCUT2D eigenvalue weighted by Crippen LogP contribution is 2.30. The Hall–Kier alpha value is -1.89. The summed E-state index contributed by atoms with van der Waals surface area (Å²) < 4.78 is 0. The van der Waals surface area contributed by atoms with Gasteiger partial charge in [-0.25, -0.2) is 4.79 Å². The van der Waals surface area contributed by atoms with Gasteiger partial charge in [-0.1, -0.05) is 13.0 Å². The normalized spacial score (nSPS) is 20.6. The molecule has 0 bridgehead atoms. The predicted octanol–water partition coefficient (Wildman–Crippen LogP) is 1.68. The van der Waals surface area contributed by atoms with Gasteiger partial charge in [0.05, 0.1) is 4.88 Å². The van der Waals surface area contributed by atoms with E-state index in [1.54, 1.807) is 4.90 Å². The predicted molar refractivity (Wildman–Crippen MR) is 82.7 cm³/mol. The van der Waals surface area contributed by atoms with Crippen LogP contribution in [0.15, 0.2) is 17.5 Å². The second-order valence-corrected chi connectivity index (χ2v) is 6.69. The van der Waals surface area contributed by atoms with Gasteiger partial charge >= 0.3 is 6.03 Å². The number of piperidine rings is 1. The highest BCUT2D eigenvalue weighted by molar-refractivity contribution is 7.12. The van der Waals surface area contributed by atoms with Crippen molar-refractivity contribution in [2.24, 2.45) is 0 Å². The summed E-state index contributed by atoms with van der Waals surface area (Å²) in [6.45, 7) is 3.36. The molecule has 4 amide bonds. The quantitative estimate of drug-likeness (QED) is 0.861. The van der Waals surface area contributed by atoms with Crippen molar-refractivity contribution in [3.63, 3.8) is 0 Å². The molecular formula is C15H19N3O3S. The smallest absolute Gasteiger partial charge is 0.325 e. The summed E-state index contributed by atoms with van der Waals surface area (Å²) in [6.07, 6.45) is 1.71. The molecule has 2 aliphatic heterocycles. The van der Waals surface area contributed by atoms with Gasteiger partial charge in [0.25, 0.3) is 11.8 Å². The van der Waals surface area contributed by atoms with Crippen molar-refractivity contribution in [2.45, 2.75) is 31.7 Å². The van der Waals surface area contributed by atoms with Crippen LogP contribution in [0.1, 0.15) is 35.9 Å². The molecule has 22 heavy (non-hydrogen) atoms. The lowest BCUT2D eigenvalue weighted by Crippen LogP contribution is -2.55. The highest BCUT2D eigenvalue weighted by atomic mass is 32.1. The lowest BCUT2D eigenvalue weighted by atomic mass is 9.87. The number of thiophene rings is 1. The first-order chi connectivity index (χ1) is 10.6. The second kappa shape index (κ2) is 5.72. The number of nitrogens with one attached hydrogen (secondary N) is 1. The molecule has 1 aromatic rings. The Bertz CT molecular complexity index is 591. The Balaban J connectivity index is 1.68. The highest BCUT2D eigenvalue weighted by Gasteiger charge is 2.52. The van der Waals surface area contributed by atoms with E-state index >= 15 is 0 Å². The maximum atomic E-state index is 12.5. The maximum absolute atomic E-state index is 12.5. The Morgan fingerprint density at radius 2 is 2.09 bits per heavy atom. The standard InChI is InChI=1S/C15H19N3O3S/c1-2-7-18-13(20)15(16-14(18)21)5-8-17(9-6-15)12(19)11-4-3-10-22-11/h3-4,10H,2,5-9H2,1H3,(H,16,21). The molecule has 6 nitrogen and oxygen atoms in total. The van der Waals surface area contributed by atoms with Gasteiger partial charge in [0.1, 0.15) is 5.54 Å². The molecule has 3 heterocycles. The second-order valence-electron chi connectivity index (χ2n) is 5.74. The van der Waals surface area contributed by atoms with Gasteiger partial charge in [0.15, 0.2) is 0 Å². The average molecular weight is 321 g/mol. The summed E-state index contributed by atoms with van der Waals surface area (Å²) in [5.41, 5.74) is -0.807. The molecule has 0 atom stereocenters. The molecular weight excluding hydrogens is 302 g/mol. The van der Waals surface area contributed by atoms with Crippen molar-refractivity contribution in [1.82, 2.24) is 15.1 Å². The molecule has 118 valence electrons. The van der Waals surface area contributed by atoms with Crippen LogP contribution >= 0.6 is 11.3 Å². The van der Waals surface area contributed by atoms with Crippen LogP contribution in [0.4, 0.5) is 4.79 Å². The van der Waals surface area contributed by atoms with E-state index in [4.69, 9.17) is 0 Å². The first-order valence-corrected chi connectivity index (χ1v) is 8.42. The van der Waals surface area contributed by atoms with Gasteiger partial charge in [-0.2, -0.15) is 0 Å². The fraction of sp³-hybridized carbons (Fsp3) is 0.533. The molecule has 0 aliphatic carbocycles. The van der Waals surface area contributed by atoms with E-state index in [0.717, 1.165) is 6.42 Å². The number of likely N-dealkylation sites (tertiary alicyclic amines) is 1. The third kappa shape index (κ3) is 2.39. The average Bonchev–Trinajstić information content (AvgIpc) is 3.12. The molecule has 0 aromatic carbocycles. The summed E-state index contributed by atoms with van der Waals surface area (Å²) in [5.74, 6) is -0.130. The Kier molecular flexibility index (Phi) is 3.90. The molecule has 2 fully saturated rings. The van der Waals surface area contributed by atoms with E-state index in [0.29, 0.717) is 37.4 Å². The Morgan fingerprint density at radius 1 is 1.36 bits per heavy atom. The molecule has 0 radical (unpaired) electrons. The SMILES string of the molecule is CCCN1C(=O)NC2(CCN(C(=O)c3cccs3)CC2)C1=O. The summed E-state index contributed by atoms with van der Waals surface area (Å²) in [6, 6.07) is 3.36. The third-order valence-electron chi connectivity index (χ3n) is 4.33. The molecule has 2 saturated heterocycles. The van der Waals surface area contributed by atoms with Gasteiger partial charge < -0.3 is 10.2 Å². The lowest BCUT2D eigenvalue weighted by molar-refractivity contribution is -0.132. The minimum Gasteiger partial charge on any atom is -0.338 e. The summed E-state index contributed by atoms with van der Waals surface area (Å²) in [7, 11) is 0. The topological polar surface area (TPSA) is 69.7 Å². The summed E-state index contributed by atoms with van der Waals surface area (Å²) in [4.78, 5) is 40.6. The van der Waals surface area contributed by atoms with Crippen LogP contribution in [0, 0.1) is 0 Å². The maximum Gasteiger partial charge on any atom is 0.325 e. The Labute approximate surface area is 133 Å². The van der Waals surface area contributed by atoms with Crippen LogP contribution in [0.2, 0.25) is 0 Å². The molecule has 1 aromatic heterocycles. The fourth-order valence-electron chi connectivity index (χ4n) is 3.09. The van der Waals surface area contributed by atoms with E-state index in [1.165, 1.54) is 16.2 Å². The molecule has 7 heteroatoms. The monoisotopic (exact) mass is 321 g/mol. The van der Waals surface area contributed by atoms with Crippen molar-refractivity contribution in [3.05, 3.63) is 22.4 Å². The number of imide groups is 1. The van der Waals surface area contributed by atoms with E-state index in [-0.39, 0.29) is 17.8 Å². The zero-order valence-corrected chi connectivity index (χ0v) is 13.3. The number of rotatable bonds is 3. The minimum atomic E-state index is -0.807. The van der Waals surface area contributed by atoms with Crippen molar-refractivity contribution in [2.75, 3.05) is 19.6 Å². The van der Waals surface area contributed by atoms with Crippen molar-refractivity contribution >= 4 is 29.2 Å². The Morgan fingerprint density at radius 3 is 2.68 bits per heavy atom. The van der Waals surface area contributed by atoms with Crippen LogP contribution < -0.4 is 5.32 Å². The molecule has 3 rings (SSSR count). The minimum absolute atomic E-state index is 0.00652. The molecule has 0 unspecified atom stereocenters. The zero-order chi connectivity index (χ0) is 15.7. The van der Waals surface area contributed by atoms with Crippen LogP contribution in [-0.2, 0) is 4.79 Å². The van der Waals surface area contributed by atoms with Crippen molar-refractivity contribution < 1.29 is 14.4 Å². The fourth-order valence-corrected chi connectivity index (χ4v) is 3.78. The molecule has 1 spiro atoms. The molecule has 1 N–H and O–H groups in total. The van der Waals surface area contributed by atoms with Crippen molar-refractivity contribution in [3.8, 4) is 0 Å². The molecule has 0 saturated carbocycles. The zero-order valence-electron chi connectivity index (χ0n) is 12.5. The van der Waals surface area contributed by atoms with Crippen LogP contribution in [0.3, 0.4) is 0 Å². The van der Waals surface area contributed by atoms with Crippen LogP contribution in [-0.4, -0.2) is 52.8 Å². The van der Waals surface area contributed by atoms with E-state index in [1.807, 2.05) is 24.4 Å². The van der Waals surface area contributed by atoms with Gasteiger partial charge in [-0.3, -0.25) is 14.5 Å². The van der Waals surface area contributed by atoms with E-state index in [2.05, 4.69) is 5.32 Å². The van der Waals surface area contributed by atoms with Crippen LogP contribution in [0.5, 0.6) is 0 Å². The number of carbonyl (C=O) groups is 3. The van der Waals surface area contributed by atoms with E-state index in [9.17, 15) is 14.4 Å². The van der Waals surface area contributed by atoms with Crippen LogP contribution in [0.25, 0.3) is 0 Å². The first kappa shape index (κ1) is 15.0. The lowest BCUT2D eigenvalue weighted by Gasteiger charge is -2.37. The number of urea groups is 1. The number of amides is 4. The van der Waals surface area contributed by atoms with Gasteiger partial charge in [-0.05, 0) is 30.7 Å². The number of nitrogens with zero attached hydrogens (tertiary/aromatic N) is 2. The first-order valence-electron chi connectivity index (χ1n) is 7.54. The third-order valence-corrected chi connectivity index (χ3v) is 5.19. The number of hydrogen-bond donors (Lipinski definition) is 1. The number of hydrogen-bond acceptors (Lipinski definition) is 4. The summed E-state index contributed by atoms with van der Waals surface area (Å²) >= 11 is 1.42. The van der Waals surface area contributed by atoms with E-state index < -0.39 is 5.54 Å². The largest absolute Gasteiger partial charge is 0.338 e. The number of carbonyl (C=O) groups excluding carboxylic acids is 3. The van der Waals surface area contributed by atoms with Crippen molar-refractivity contribution in [1.29, 1.82) is 0 Å². The summed E-state index contributed by atoms with van der Waals surface area (Å²) in [5, 5.41) is 4.73. The van der Waals surface area contributed by atoms with Gasteiger partial charge in [-0.15, -0.1) is 11.3 Å². The molecule has 2 aliphatic rings. The van der Waals surface area contributed by atoms with Gasteiger partial charge in [0, 0.05) is 19.6 Å².